The lowest BCUT2D eigenvalue weighted by molar-refractivity contribution is -0.103. The van der Waals surface area contributed by atoms with E-state index >= 15 is 0 Å². The molecule has 1 saturated heterocycles. The van der Waals surface area contributed by atoms with Crippen molar-refractivity contribution in [2.45, 2.75) is 25.5 Å². The first kappa shape index (κ1) is 12.0. The van der Waals surface area contributed by atoms with Crippen LogP contribution < -0.4 is 0 Å². The van der Waals surface area contributed by atoms with E-state index in [1.54, 1.807) is 6.07 Å². The van der Waals surface area contributed by atoms with Crippen molar-refractivity contribution in [2.24, 2.45) is 0 Å². The van der Waals surface area contributed by atoms with Gasteiger partial charge in [-0.15, -0.1) is 0 Å². The summed E-state index contributed by atoms with van der Waals surface area (Å²) in [7, 11) is 0. The number of rotatable bonds is 3. The van der Waals surface area contributed by atoms with Gasteiger partial charge in [0.05, 0.1) is 17.2 Å². The molecule has 90 valence electrons. The van der Waals surface area contributed by atoms with E-state index in [-0.39, 0.29) is 5.82 Å². The molecule has 1 aliphatic rings. The molecule has 4 heteroatoms. The normalized spacial score (nSPS) is 18.5. The molecule has 0 bridgehead atoms. The number of likely N-dealkylation sites (tertiary alicyclic amines) is 1. The molecule has 0 spiro atoms. The predicted octanol–water partition coefficient (Wildman–Crippen LogP) is 1.65. The van der Waals surface area contributed by atoms with Crippen molar-refractivity contribution in [1.29, 1.82) is 5.26 Å². The topological polar surface area (TPSA) is 47.3 Å². The molecule has 0 saturated carbocycles. The van der Waals surface area contributed by atoms with Crippen LogP contribution in [0.15, 0.2) is 18.2 Å². The summed E-state index contributed by atoms with van der Waals surface area (Å²) in [5.74, 6) is -0.384. The van der Waals surface area contributed by atoms with Crippen LogP contribution in [-0.2, 0) is 6.54 Å². The van der Waals surface area contributed by atoms with Crippen molar-refractivity contribution in [2.75, 3.05) is 13.1 Å². The third-order valence-electron chi connectivity index (χ3n) is 3.19. The fourth-order valence-electron chi connectivity index (χ4n) is 2.19. The molecule has 1 aromatic carbocycles. The van der Waals surface area contributed by atoms with E-state index in [1.165, 1.54) is 12.1 Å². The SMILES string of the molecule is CCC1(O)CN(Cc2cc(F)cc(C#N)c2)C1. The fourth-order valence-corrected chi connectivity index (χ4v) is 2.19. The Morgan fingerprint density at radius 1 is 1.47 bits per heavy atom. The average Bonchev–Trinajstić information content (AvgIpc) is 2.26. The van der Waals surface area contributed by atoms with Crippen LogP contribution in [0.2, 0.25) is 0 Å². The smallest absolute Gasteiger partial charge is 0.124 e. The van der Waals surface area contributed by atoms with Crippen LogP contribution in [0.4, 0.5) is 4.39 Å². The van der Waals surface area contributed by atoms with E-state index < -0.39 is 5.60 Å². The highest BCUT2D eigenvalue weighted by atomic mass is 19.1. The Bertz CT molecular complexity index is 461. The second-order valence-electron chi connectivity index (χ2n) is 4.68. The lowest BCUT2D eigenvalue weighted by Crippen LogP contribution is -2.60. The Morgan fingerprint density at radius 2 is 2.18 bits per heavy atom. The van der Waals surface area contributed by atoms with Gasteiger partial charge in [-0.25, -0.2) is 4.39 Å². The molecule has 0 unspecified atom stereocenters. The fraction of sp³-hybridized carbons (Fsp3) is 0.462. The highest BCUT2D eigenvalue weighted by Gasteiger charge is 2.38. The molecular weight excluding hydrogens is 219 g/mol. The Balaban J connectivity index is 2.01. The van der Waals surface area contributed by atoms with Crippen molar-refractivity contribution in [3.05, 3.63) is 35.1 Å². The van der Waals surface area contributed by atoms with Crippen LogP contribution >= 0.6 is 0 Å². The average molecular weight is 234 g/mol. The summed E-state index contributed by atoms with van der Waals surface area (Å²) >= 11 is 0. The standard InChI is InChI=1S/C13H15FN2O/c1-2-13(17)8-16(9-13)7-11-3-10(6-15)4-12(14)5-11/h3-5,17H,2,7-9H2,1H3. The summed E-state index contributed by atoms with van der Waals surface area (Å²) in [6, 6.07) is 6.28. The molecule has 0 amide bonds. The molecule has 0 aliphatic carbocycles. The minimum Gasteiger partial charge on any atom is -0.387 e. The molecule has 0 atom stereocenters. The van der Waals surface area contributed by atoms with Crippen molar-refractivity contribution in [3.63, 3.8) is 0 Å². The van der Waals surface area contributed by atoms with Gasteiger partial charge in [0.1, 0.15) is 5.82 Å². The van der Waals surface area contributed by atoms with Crippen LogP contribution in [-0.4, -0.2) is 28.7 Å². The van der Waals surface area contributed by atoms with Gasteiger partial charge in [-0.3, -0.25) is 4.90 Å². The van der Waals surface area contributed by atoms with Gasteiger partial charge in [-0.05, 0) is 30.2 Å². The summed E-state index contributed by atoms with van der Waals surface area (Å²) in [4.78, 5) is 2.04. The van der Waals surface area contributed by atoms with Crippen molar-refractivity contribution in [3.8, 4) is 6.07 Å². The molecule has 0 radical (unpaired) electrons. The summed E-state index contributed by atoms with van der Waals surface area (Å²) in [5.41, 5.74) is 0.539. The molecule has 1 N–H and O–H groups in total. The Kier molecular flexibility index (Phi) is 3.14. The maximum atomic E-state index is 13.2. The van der Waals surface area contributed by atoms with Crippen LogP contribution in [0.5, 0.6) is 0 Å². The van der Waals surface area contributed by atoms with Gasteiger partial charge in [0.25, 0.3) is 0 Å². The highest BCUT2D eigenvalue weighted by Crippen LogP contribution is 2.26. The van der Waals surface area contributed by atoms with E-state index in [2.05, 4.69) is 0 Å². The second-order valence-corrected chi connectivity index (χ2v) is 4.68. The third-order valence-corrected chi connectivity index (χ3v) is 3.19. The van der Waals surface area contributed by atoms with E-state index in [0.29, 0.717) is 25.2 Å². The van der Waals surface area contributed by atoms with E-state index in [4.69, 9.17) is 5.26 Å². The number of benzene rings is 1. The zero-order valence-electron chi connectivity index (χ0n) is 9.78. The van der Waals surface area contributed by atoms with Crippen LogP contribution in [0.1, 0.15) is 24.5 Å². The molecule has 1 aromatic rings. The van der Waals surface area contributed by atoms with Gasteiger partial charge >= 0.3 is 0 Å². The summed E-state index contributed by atoms with van der Waals surface area (Å²) < 4.78 is 13.2. The molecule has 2 rings (SSSR count). The first-order valence-corrected chi connectivity index (χ1v) is 5.69. The predicted molar refractivity (Wildman–Crippen MR) is 61.6 cm³/mol. The van der Waals surface area contributed by atoms with E-state index in [1.807, 2.05) is 17.9 Å². The van der Waals surface area contributed by atoms with Crippen molar-refractivity contribution < 1.29 is 9.50 Å². The molecule has 17 heavy (non-hydrogen) atoms. The van der Waals surface area contributed by atoms with Crippen LogP contribution in [0, 0.1) is 17.1 Å². The number of aliphatic hydroxyl groups is 1. The first-order valence-electron chi connectivity index (χ1n) is 5.69. The number of nitriles is 1. The Hall–Kier alpha value is -1.44. The lowest BCUT2D eigenvalue weighted by atomic mass is 9.91. The largest absolute Gasteiger partial charge is 0.387 e. The van der Waals surface area contributed by atoms with Crippen molar-refractivity contribution >= 4 is 0 Å². The van der Waals surface area contributed by atoms with Crippen molar-refractivity contribution in [1.82, 2.24) is 4.90 Å². The molecule has 3 nitrogen and oxygen atoms in total. The number of hydrogen-bond donors (Lipinski definition) is 1. The summed E-state index contributed by atoms with van der Waals surface area (Å²) in [6.45, 7) is 3.76. The maximum Gasteiger partial charge on any atom is 0.124 e. The van der Waals surface area contributed by atoms with Gasteiger partial charge < -0.3 is 5.11 Å². The maximum absolute atomic E-state index is 13.2. The third kappa shape index (κ3) is 2.63. The Labute approximate surface area is 100 Å². The molecule has 1 fully saturated rings. The molecule has 1 aliphatic heterocycles. The number of halogens is 1. The van der Waals surface area contributed by atoms with Gasteiger partial charge in [0, 0.05) is 19.6 Å². The minimum absolute atomic E-state index is 0.339. The molecular formula is C13H15FN2O. The zero-order valence-corrected chi connectivity index (χ0v) is 9.78. The number of hydrogen-bond acceptors (Lipinski definition) is 3. The van der Waals surface area contributed by atoms with Gasteiger partial charge in [0.2, 0.25) is 0 Å². The van der Waals surface area contributed by atoms with Gasteiger partial charge in [0.15, 0.2) is 0 Å². The first-order chi connectivity index (χ1) is 8.04. The quantitative estimate of drug-likeness (QED) is 0.865. The Morgan fingerprint density at radius 3 is 2.76 bits per heavy atom. The van der Waals surface area contributed by atoms with Crippen LogP contribution in [0.3, 0.4) is 0 Å². The minimum atomic E-state index is -0.578. The second kappa shape index (κ2) is 4.44. The van der Waals surface area contributed by atoms with E-state index in [9.17, 15) is 9.50 Å². The summed E-state index contributed by atoms with van der Waals surface area (Å²) in [6.07, 6.45) is 0.732. The van der Waals surface area contributed by atoms with E-state index in [0.717, 1.165) is 12.0 Å². The summed E-state index contributed by atoms with van der Waals surface area (Å²) in [5, 5.41) is 18.6. The molecule has 1 heterocycles. The van der Waals surface area contributed by atoms with Gasteiger partial charge in [-0.1, -0.05) is 6.92 Å². The van der Waals surface area contributed by atoms with Gasteiger partial charge in [-0.2, -0.15) is 5.26 Å². The highest BCUT2D eigenvalue weighted by molar-refractivity contribution is 5.33. The number of nitrogens with zero attached hydrogens (tertiary/aromatic N) is 2. The zero-order chi connectivity index (χ0) is 12.5. The monoisotopic (exact) mass is 234 g/mol. The lowest BCUT2D eigenvalue weighted by Gasteiger charge is -2.46. The number of β-amino-alcohol motifs (C(OH)–C–C–N with tert-alkyl or cyclic N) is 1. The molecule has 0 aromatic heterocycles. The van der Waals surface area contributed by atoms with Crippen LogP contribution in [0.25, 0.3) is 0 Å².